The van der Waals surface area contributed by atoms with E-state index in [0.717, 1.165) is 44.4 Å². The van der Waals surface area contributed by atoms with Gasteiger partial charge in [-0.1, -0.05) is 12.2 Å². The van der Waals surface area contributed by atoms with E-state index < -0.39 is 0 Å². The summed E-state index contributed by atoms with van der Waals surface area (Å²) in [7, 11) is 3.32. The molecule has 5 nitrogen and oxygen atoms in total. The molecule has 0 fully saturated rings. The Morgan fingerprint density at radius 3 is 2.10 bits per heavy atom. The number of aromatic nitrogens is 1. The molecule has 0 N–H and O–H groups in total. The third-order valence-corrected chi connectivity index (χ3v) is 5.17. The van der Waals surface area contributed by atoms with Gasteiger partial charge in [-0.3, -0.25) is 4.99 Å². The number of methoxy groups -OCH3 is 2. The molecule has 2 aromatic carbocycles. The summed E-state index contributed by atoms with van der Waals surface area (Å²) in [6.45, 7) is 8.48. The zero-order valence-electron chi connectivity index (χ0n) is 17.2. The minimum atomic E-state index is 0.569. The summed E-state index contributed by atoms with van der Waals surface area (Å²) in [4.78, 5) is 5.52. The van der Waals surface area contributed by atoms with E-state index >= 15 is 0 Å². The van der Waals surface area contributed by atoms with Gasteiger partial charge in [0, 0.05) is 10.9 Å². The van der Waals surface area contributed by atoms with Gasteiger partial charge in [0.1, 0.15) is 11.5 Å². The van der Waals surface area contributed by atoms with Crippen molar-refractivity contribution >= 4 is 17.0 Å². The number of ether oxygens (including phenoxy) is 2. The first-order chi connectivity index (χ1) is 14.0. The second kappa shape index (κ2) is 9.39. The van der Waals surface area contributed by atoms with Crippen molar-refractivity contribution in [1.29, 1.82) is 0 Å². The molecule has 3 rings (SSSR count). The number of benzene rings is 2. The van der Waals surface area contributed by atoms with Gasteiger partial charge >= 0.3 is 0 Å². The van der Waals surface area contributed by atoms with E-state index in [1.807, 2.05) is 67.1 Å². The molecule has 0 atom stereocenters. The smallest absolute Gasteiger partial charge is 0.206 e. The van der Waals surface area contributed by atoms with Gasteiger partial charge in [0.05, 0.1) is 32.2 Å². The predicted octanol–water partition coefficient (Wildman–Crippen LogP) is 4.98. The van der Waals surface area contributed by atoms with Crippen LogP contribution in [0.4, 0.5) is 0 Å². The first kappa shape index (κ1) is 20.6. The summed E-state index contributed by atoms with van der Waals surface area (Å²) < 4.78 is 12.4. The third kappa shape index (κ3) is 5.03. The molecular weight excluding hydrogens is 382 g/mol. The molecule has 1 heterocycles. The van der Waals surface area contributed by atoms with Gasteiger partial charge in [0.25, 0.3) is 0 Å². The number of hydrogen-bond acceptors (Lipinski definition) is 5. The standard InChI is InChI=1S/C23H25N3O2S/c1-16(2)14-24-23-26(25-17(3)18-6-10-20(27-4)11-7-18)22(15-29-23)19-8-12-21(28-5)13-9-19/h6-13,15H,1,14H2,2-5H3. The van der Waals surface area contributed by atoms with Crippen LogP contribution in [0, 0.1) is 0 Å². The lowest BCUT2D eigenvalue weighted by atomic mass is 10.1. The van der Waals surface area contributed by atoms with Crippen molar-refractivity contribution in [2.75, 3.05) is 20.8 Å². The highest BCUT2D eigenvalue weighted by atomic mass is 32.1. The van der Waals surface area contributed by atoms with Crippen LogP contribution < -0.4 is 14.3 Å². The van der Waals surface area contributed by atoms with Crippen molar-refractivity contribution in [3.63, 3.8) is 0 Å². The first-order valence-electron chi connectivity index (χ1n) is 9.21. The average molecular weight is 408 g/mol. The van der Waals surface area contributed by atoms with Crippen LogP contribution in [0.15, 0.2) is 76.2 Å². The fourth-order valence-electron chi connectivity index (χ4n) is 2.71. The summed E-state index contributed by atoms with van der Waals surface area (Å²) in [6.07, 6.45) is 0. The zero-order chi connectivity index (χ0) is 20.8. The second-order valence-corrected chi connectivity index (χ2v) is 7.47. The molecule has 0 unspecified atom stereocenters. The Balaban J connectivity index is 2.08. The van der Waals surface area contributed by atoms with Crippen molar-refractivity contribution < 1.29 is 9.47 Å². The quantitative estimate of drug-likeness (QED) is 0.409. The summed E-state index contributed by atoms with van der Waals surface area (Å²) in [5.74, 6) is 1.64. The molecule has 0 saturated carbocycles. The Labute approximate surface area is 175 Å². The fraction of sp³-hybridized carbons (Fsp3) is 0.217. The van der Waals surface area contributed by atoms with Crippen LogP contribution in [0.1, 0.15) is 19.4 Å². The van der Waals surface area contributed by atoms with Crippen LogP contribution in [0.25, 0.3) is 11.3 Å². The van der Waals surface area contributed by atoms with E-state index in [0.29, 0.717) is 6.54 Å². The normalized spacial score (nSPS) is 12.1. The lowest BCUT2D eigenvalue weighted by molar-refractivity contribution is 0.414. The molecule has 1 aromatic heterocycles. The molecule has 150 valence electrons. The minimum absolute atomic E-state index is 0.569. The Hall–Kier alpha value is -3.12. The summed E-state index contributed by atoms with van der Waals surface area (Å²) in [6, 6.07) is 15.8. The second-order valence-electron chi connectivity index (χ2n) is 6.63. The van der Waals surface area contributed by atoms with Crippen molar-refractivity contribution in [1.82, 2.24) is 4.68 Å². The lowest BCUT2D eigenvalue weighted by Gasteiger charge is -2.08. The van der Waals surface area contributed by atoms with Gasteiger partial charge in [0.15, 0.2) is 0 Å². The molecule has 0 aliphatic rings. The van der Waals surface area contributed by atoms with Gasteiger partial charge in [0.2, 0.25) is 4.80 Å². The fourth-order valence-corrected chi connectivity index (χ4v) is 3.54. The van der Waals surface area contributed by atoms with Crippen molar-refractivity contribution in [2.24, 2.45) is 10.1 Å². The van der Waals surface area contributed by atoms with E-state index in [1.165, 1.54) is 0 Å². The molecule has 0 aliphatic carbocycles. The molecule has 0 saturated heterocycles. The molecule has 0 spiro atoms. The van der Waals surface area contributed by atoms with E-state index in [4.69, 9.17) is 14.6 Å². The van der Waals surface area contributed by atoms with Crippen LogP contribution in [0.5, 0.6) is 11.5 Å². The average Bonchev–Trinajstić information content (AvgIpc) is 3.14. The highest BCUT2D eigenvalue weighted by Crippen LogP contribution is 2.23. The minimum Gasteiger partial charge on any atom is -0.497 e. The lowest BCUT2D eigenvalue weighted by Crippen LogP contribution is -2.15. The van der Waals surface area contributed by atoms with E-state index in [2.05, 4.69) is 17.0 Å². The maximum atomic E-state index is 5.28. The Kier molecular flexibility index (Phi) is 6.67. The van der Waals surface area contributed by atoms with E-state index in [-0.39, 0.29) is 0 Å². The van der Waals surface area contributed by atoms with Crippen molar-refractivity contribution in [2.45, 2.75) is 13.8 Å². The SMILES string of the molecule is C=C(C)CN=c1scc(-c2ccc(OC)cc2)n1N=C(C)c1ccc(OC)cc1. The van der Waals surface area contributed by atoms with Crippen LogP contribution >= 0.6 is 11.3 Å². The van der Waals surface area contributed by atoms with Gasteiger partial charge in [-0.25, -0.2) is 4.68 Å². The number of rotatable bonds is 7. The molecular formula is C23H25N3O2S. The van der Waals surface area contributed by atoms with Gasteiger partial charge in [-0.2, -0.15) is 5.10 Å². The number of thiazole rings is 1. The Bertz CT molecular complexity index is 1070. The number of nitrogens with zero attached hydrogens (tertiary/aromatic N) is 3. The molecule has 29 heavy (non-hydrogen) atoms. The van der Waals surface area contributed by atoms with Crippen LogP contribution in [0.3, 0.4) is 0 Å². The number of hydrogen-bond donors (Lipinski definition) is 0. The zero-order valence-corrected chi connectivity index (χ0v) is 18.0. The Morgan fingerprint density at radius 1 is 0.966 bits per heavy atom. The van der Waals surface area contributed by atoms with Crippen LogP contribution in [-0.4, -0.2) is 31.2 Å². The molecule has 6 heteroatoms. The van der Waals surface area contributed by atoms with Crippen LogP contribution in [0.2, 0.25) is 0 Å². The summed E-state index contributed by atoms with van der Waals surface area (Å²) in [5, 5.41) is 6.96. The predicted molar refractivity (Wildman–Crippen MR) is 120 cm³/mol. The Morgan fingerprint density at radius 2 is 1.55 bits per heavy atom. The first-order valence-corrected chi connectivity index (χ1v) is 10.1. The molecule has 3 aromatic rings. The topological polar surface area (TPSA) is 48.1 Å². The highest BCUT2D eigenvalue weighted by molar-refractivity contribution is 7.07. The van der Waals surface area contributed by atoms with Gasteiger partial charge in [-0.05, 0) is 67.9 Å². The van der Waals surface area contributed by atoms with Crippen LogP contribution in [-0.2, 0) is 0 Å². The van der Waals surface area contributed by atoms with Gasteiger partial charge < -0.3 is 9.47 Å². The molecule has 0 bridgehead atoms. The van der Waals surface area contributed by atoms with Crippen molar-refractivity contribution in [3.05, 3.63) is 76.4 Å². The molecule has 0 amide bonds. The van der Waals surface area contributed by atoms with E-state index in [9.17, 15) is 0 Å². The monoisotopic (exact) mass is 407 g/mol. The van der Waals surface area contributed by atoms with E-state index in [1.54, 1.807) is 25.6 Å². The summed E-state index contributed by atoms with van der Waals surface area (Å²) >= 11 is 1.56. The summed E-state index contributed by atoms with van der Waals surface area (Å²) in [5.41, 5.74) is 4.94. The largest absolute Gasteiger partial charge is 0.497 e. The molecule has 0 radical (unpaired) electrons. The maximum Gasteiger partial charge on any atom is 0.206 e. The van der Waals surface area contributed by atoms with Crippen molar-refractivity contribution in [3.8, 4) is 22.8 Å². The highest BCUT2D eigenvalue weighted by Gasteiger charge is 2.09. The molecule has 0 aliphatic heterocycles. The maximum absolute atomic E-state index is 5.28. The third-order valence-electron chi connectivity index (χ3n) is 4.31. The van der Waals surface area contributed by atoms with Gasteiger partial charge in [-0.15, -0.1) is 11.3 Å².